The molecule has 1 amide bonds. The highest BCUT2D eigenvalue weighted by molar-refractivity contribution is 7.91. The van der Waals surface area contributed by atoms with Gasteiger partial charge in [-0.25, -0.2) is 8.42 Å². The molecule has 1 aliphatic rings. The van der Waals surface area contributed by atoms with Gasteiger partial charge in [0.1, 0.15) is 0 Å². The van der Waals surface area contributed by atoms with Crippen molar-refractivity contribution in [2.24, 2.45) is 5.73 Å². The lowest BCUT2D eigenvalue weighted by Crippen LogP contribution is -2.37. The summed E-state index contributed by atoms with van der Waals surface area (Å²) in [4.78, 5) is 13.4. The summed E-state index contributed by atoms with van der Waals surface area (Å²) in [6.07, 6.45) is 2.61. The number of sulfone groups is 1. The molecule has 1 aliphatic heterocycles. The first kappa shape index (κ1) is 14.4. The van der Waals surface area contributed by atoms with E-state index in [9.17, 15) is 13.2 Å². The largest absolute Gasteiger partial charge is 0.342 e. The van der Waals surface area contributed by atoms with Crippen LogP contribution in [0.25, 0.3) is 0 Å². The highest BCUT2D eigenvalue weighted by Crippen LogP contribution is 2.17. The van der Waals surface area contributed by atoms with Gasteiger partial charge in [0, 0.05) is 25.6 Å². The number of amides is 1. The van der Waals surface area contributed by atoms with Gasteiger partial charge in [-0.2, -0.15) is 0 Å². The van der Waals surface area contributed by atoms with E-state index in [2.05, 4.69) is 0 Å². The SMILES string of the molecule is CC(N)CCCC(=O)N(C)C1CCS(=O)(=O)C1. The van der Waals surface area contributed by atoms with Crippen LogP contribution in [0.2, 0.25) is 0 Å². The third kappa shape index (κ3) is 4.63. The van der Waals surface area contributed by atoms with Crippen LogP contribution in [-0.2, 0) is 14.6 Å². The van der Waals surface area contributed by atoms with Gasteiger partial charge in [0.2, 0.25) is 5.91 Å². The fourth-order valence-corrected chi connectivity index (χ4v) is 3.81. The summed E-state index contributed by atoms with van der Waals surface area (Å²) in [5, 5.41) is 0. The molecular formula is C11H22N2O3S. The van der Waals surface area contributed by atoms with Crippen LogP contribution in [0.15, 0.2) is 0 Å². The fraction of sp³-hybridized carbons (Fsp3) is 0.909. The summed E-state index contributed by atoms with van der Waals surface area (Å²) in [6.45, 7) is 1.91. The summed E-state index contributed by atoms with van der Waals surface area (Å²) >= 11 is 0. The molecule has 1 fully saturated rings. The molecule has 17 heavy (non-hydrogen) atoms. The second-order valence-electron chi connectivity index (χ2n) is 4.93. The van der Waals surface area contributed by atoms with Crippen molar-refractivity contribution in [3.63, 3.8) is 0 Å². The molecule has 1 heterocycles. The molecule has 6 heteroatoms. The Balaban J connectivity index is 2.37. The molecule has 0 aromatic rings. The van der Waals surface area contributed by atoms with Gasteiger partial charge in [-0.15, -0.1) is 0 Å². The summed E-state index contributed by atoms with van der Waals surface area (Å²) in [6, 6.07) is -0.0252. The van der Waals surface area contributed by atoms with Gasteiger partial charge in [0.05, 0.1) is 11.5 Å². The maximum absolute atomic E-state index is 11.8. The standard InChI is InChI=1S/C11H22N2O3S/c1-9(12)4-3-5-11(14)13(2)10-6-7-17(15,16)8-10/h9-10H,3-8,12H2,1-2H3. The fourth-order valence-electron chi connectivity index (χ4n) is 2.04. The number of carbonyl (C=O) groups is 1. The van der Waals surface area contributed by atoms with E-state index in [0.29, 0.717) is 12.8 Å². The molecule has 100 valence electrons. The van der Waals surface area contributed by atoms with E-state index in [4.69, 9.17) is 5.73 Å². The van der Waals surface area contributed by atoms with Crippen LogP contribution in [0.3, 0.4) is 0 Å². The van der Waals surface area contributed by atoms with Crippen LogP contribution in [0.5, 0.6) is 0 Å². The van der Waals surface area contributed by atoms with Gasteiger partial charge in [-0.05, 0) is 26.2 Å². The highest BCUT2D eigenvalue weighted by atomic mass is 32.2. The van der Waals surface area contributed by atoms with Crippen molar-refractivity contribution in [1.82, 2.24) is 4.90 Å². The van der Waals surface area contributed by atoms with Crippen LogP contribution in [0, 0.1) is 0 Å². The molecule has 1 saturated heterocycles. The smallest absolute Gasteiger partial charge is 0.222 e. The molecule has 0 aromatic carbocycles. The zero-order valence-electron chi connectivity index (χ0n) is 10.6. The summed E-state index contributed by atoms with van der Waals surface area (Å²) in [7, 11) is -1.23. The monoisotopic (exact) mass is 262 g/mol. The minimum absolute atomic E-state index is 0.0211. The zero-order chi connectivity index (χ0) is 13.1. The molecule has 0 aromatic heterocycles. The Morgan fingerprint density at radius 2 is 2.18 bits per heavy atom. The van der Waals surface area contributed by atoms with Crippen LogP contribution in [0.1, 0.15) is 32.6 Å². The number of hydrogen-bond acceptors (Lipinski definition) is 4. The number of nitrogens with zero attached hydrogens (tertiary/aromatic N) is 1. The normalized spacial score (nSPS) is 24.5. The lowest BCUT2D eigenvalue weighted by atomic mass is 10.1. The van der Waals surface area contributed by atoms with Crippen molar-refractivity contribution < 1.29 is 13.2 Å². The van der Waals surface area contributed by atoms with Crippen molar-refractivity contribution in [2.75, 3.05) is 18.6 Å². The van der Waals surface area contributed by atoms with Crippen molar-refractivity contribution in [3.8, 4) is 0 Å². The van der Waals surface area contributed by atoms with Gasteiger partial charge in [-0.3, -0.25) is 4.79 Å². The Labute approximate surface area is 103 Å². The summed E-state index contributed by atoms with van der Waals surface area (Å²) in [5.74, 6) is 0.338. The Morgan fingerprint density at radius 1 is 1.53 bits per heavy atom. The van der Waals surface area contributed by atoms with E-state index in [0.717, 1.165) is 12.8 Å². The maximum atomic E-state index is 11.8. The number of nitrogens with two attached hydrogens (primary N) is 1. The summed E-state index contributed by atoms with van der Waals surface area (Å²) in [5.41, 5.74) is 5.61. The van der Waals surface area contributed by atoms with Crippen LogP contribution in [-0.4, -0.2) is 49.9 Å². The highest BCUT2D eigenvalue weighted by Gasteiger charge is 2.32. The molecule has 2 unspecified atom stereocenters. The molecule has 2 N–H and O–H groups in total. The molecule has 0 saturated carbocycles. The van der Waals surface area contributed by atoms with Crippen LogP contribution < -0.4 is 5.73 Å². The third-order valence-corrected chi connectivity index (χ3v) is 4.95. The van der Waals surface area contributed by atoms with E-state index in [1.54, 1.807) is 11.9 Å². The Morgan fingerprint density at radius 3 is 2.65 bits per heavy atom. The van der Waals surface area contributed by atoms with E-state index >= 15 is 0 Å². The molecule has 0 bridgehead atoms. The molecule has 0 radical (unpaired) electrons. The Bertz CT molecular complexity index is 365. The van der Waals surface area contributed by atoms with E-state index in [-0.39, 0.29) is 29.5 Å². The van der Waals surface area contributed by atoms with Crippen molar-refractivity contribution >= 4 is 15.7 Å². The number of rotatable bonds is 5. The van der Waals surface area contributed by atoms with E-state index in [1.165, 1.54) is 0 Å². The second-order valence-corrected chi connectivity index (χ2v) is 7.16. The first-order valence-corrected chi connectivity index (χ1v) is 7.85. The maximum Gasteiger partial charge on any atom is 0.222 e. The molecule has 5 nitrogen and oxygen atoms in total. The zero-order valence-corrected chi connectivity index (χ0v) is 11.4. The average molecular weight is 262 g/mol. The molecule has 0 aliphatic carbocycles. The van der Waals surface area contributed by atoms with Crippen LogP contribution >= 0.6 is 0 Å². The number of carbonyl (C=O) groups excluding carboxylic acids is 1. The Hall–Kier alpha value is -0.620. The number of hydrogen-bond donors (Lipinski definition) is 1. The summed E-state index contributed by atoms with van der Waals surface area (Å²) < 4.78 is 22.6. The first-order valence-electron chi connectivity index (χ1n) is 6.03. The topological polar surface area (TPSA) is 80.5 Å². The minimum atomic E-state index is -2.92. The predicted molar refractivity (Wildman–Crippen MR) is 67.3 cm³/mol. The molecule has 0 spiro atoms. The molecule has 2 atom stereocenters. The van der Waals surface area contributed by atoms with Gasteiger partial charge < -0.3 is 10.6 Å². The molecular weight excluding hydrogens is 240 g/mol. The van der Waals surface area contributed by atoms with Gasteiger partial charge in [0.25, 0.3) is 0 Å². The van der Waals surface area contributed by atoms with E-state index in [1.807, 2.05) is 6.92 Å². The second kappa shape index (κ2) is 5.82. The molecule has 1 rings (SSSR count). The lowest BCUT2D eigenvalue weighted by molar-refractivity contribution is -0.131. The lowest BCUT2D eigenvalue weighted by Gasteiger charge is -2.23. The van der Waals surface area contributed by atoms with Gasteiger partial charge in [-0.1, -0.05) is 0 Å². The third-order valence-electron chi connectivity index (χ3n) is 3.20. The van der Waals surface area contributed by atoms with Gasteiger partial charge in [0.15, 0.2) is 9.84 Å². The van der Waals surface area contributed by atoms with Crippen molar-refractivity contribution in [2.45, 2.75) is 44.7 Å². The average Bonchev–Trinajstić information content (AvgIpc) is 2.57. The van der Waals surface area contributed by atoms with Crippen molar-refractivity contribution in [1.29, 1.82) is 0 Å². The van der Waals surface area contributed by atoms with Crippen LogP contribution in [0.4, 0.5) is 0 Å². The van der Waals surface area contributed by atoms with Gasteiger partial charge >= 0.3 is 0 Å². The predicted octanol–water partition coefficient (Wildman–Crippen LogP) is 0.149. The first-order chi connectivity index (χ1) is 7.82. The minimum Gasteiger partial charge on any atom is -0.342 e. The van der Waals surface area contributed by atoms with E-state index < -0.39 is 9.84 Å². The van der Waals surface area contributed by atoms with Crippen molar-refractivity contribution in [3.05, 3.63) is 0 Å². The Kier molecular flexibility index (Phi) is 4.94. The quantitative estimate of drug-likeness (QED) is 0.764.